The number of benzene rings is 2. The lowest BCUT2D eigenvalue weighted by Crippen LogP contribution is -2.51. The zero-order valence-corrected chi connectivity index (χ0v) is 18.6. The monoisotopic (exact) mass is 419 g/mol. The zero-order chi connectivity index (χ0) is 21.8. The topological polar surface area (TPSA) is 72.9 Å². The van der Waals surface area contributed by atoms with E-state index in [4.69, 9.17) is 9.47 Å². The van der Waals surface area contributed by atoms with E-state index in [-0.39, 0.29) is 4.90 Å². The van der Waals surface area contributed by atoms with Gasteiger partial charge in [-0.15, -0.1) is 0 Å². The minimum Gasteiger partial charge on any atom is -0.497 e. The maximum absolute atomic E-state index is 13.3. The SMILES string of the molecule is COC(=O)C(C)(C)C(Cc1ccc(OC)cc1)N(C)S(=O)(=O)c1ccc(C)cc1. The van der Waals surface area contributed by atoms with E-state index in [0.29, 0.717) is 12.2 Å². The molecule has 0 bridgehead atoms. The lowest BCUT2D eigenvalue weighted by atomic mass is 9.81. The van der Waals surface area contributed by atoms with Gasteiger partial charge in [0, 0.05) is 13.1 Å². The molecule has 0 N–H and O–H groups in total. The van der Waals surface area contributed by atoms with Crippen LogP contribution in [0.5, 0.6) is 5.75 Å². The van der Waals surface area contributed by atoms with Gasteiger partial charge in [-0.2, -0.15) is 4.31 Å². The van der Waals surface area contributed by atoms with Crippen LogP contribution in [0.3, 0.4) is 0 Å². The number of methoxy groups -OCH3 is 2. The minimum absolute atomic E-state index is 0.186. The molecule has 0 radical (unpaired) electrons. The molecule has 29 heavy (non-hydrogen) atoms. The highest BCUT2D eigenvalue weighted by molar-refractivity contribution is 7.89. The summed E-state index contributed by atoms with van der Waals surface area (Å²) in [6.45, 7) is 5.30. The van der Waals surface area contributed by atoms with Gasteiger partial charge in [0.05, 0.1) is 24.5 Å². The molecule has 2 aromatic rings. The van der Waals surface area contributed by atoms with Crippen LogP contribution >= 0.6 is 0 Å². The molecule has 0 aliphatic carbocycles. The van der Waals surface area contributed by atoms with Gasteiger partial charge < -0.3 is 9.47 Å². The summed E-state index contributed by atoms with van der Waals surface area (Å²) >= 11 is 0. The van der Waals surface area contributed by atoms with Crippen LogP contribution in [0, 0.1) is 12.3 Å². The molecule has 0 aromatic heterocycles. The van der Waals surface area contributed by atoms with E-state index in [9.17, 15) is 13.2 Å². The van der Waals surface area contributed by atoms with Crippen molar-refractivity contribution in [2.45, 2.75) is 38.1 Å². The highest BCUT2D eigenvalue weighted by Crippen LogP contribution is 2.32. The molecule has 0 aliphatic heterocycles. The number of likely N-dealkylation sites (N-methyl/N-ethyl adjacent to an activating group) is 1. The molecule has 0 amide bonds. The van der Waals surface area contributed by atoms with Gasteiger partial charge in [0.1, 0.15) is 5.75 Å². The van der Waals surface area contributed by atoms with E-state index < -0.39 is 27.4 Å². The van der Waals surface area contributed by atoms with Crippen molar-refractivity contribution in [2.24, 2.45) is 5.41 Å². The van der Waals surface area contributed by atoms with E-state index in [2.05, 4.69) is 0 Å². The van der Waals surface area contributed by atoms with Crippen molar-refractivity contribution >= 4 is 16.0 Å². The van der Waals surface area contributed by atoms with Crippen LogP contribution in [0.25, 0.3) is 0 Å². The second-order valence-electron chi connectivity index (χ2n) is 7.62. The molecule has 2 aromatic carbocycles. The Morgan fingerprint density at radius 1 is 1.03 bits per heavy atom. The third kappa shape index (κ3) is 4.97. The number of ether oxygens (including phenoxy) is 2. The number of hydrogen-bond acceptors (Lipinski definition) is 5. The van der Waals surface area contributed by atoms with Crippen LogP contribution in [0.15, 0.2) is 53.4 Å². The second kappa shape index (κ2) is 8.97. The molecule has 0 saturated carbocycles. The summed E-state index contributed by atoms with van der Waals surface area (Å²) in [5.74, 6) is 0.236. The van der Waals surface area contributed by atoms with Gasteiger partial charge >= 0.3 is 5.97 Å². The first kappa shape index (κ1) is 22.9. The van der Waals surface area contributed by atoms with Crippen molar-refractivity contribution < 1.29 is 22.7 Å². The van der Waals surface area contributed by atoms with E-state index in [1.54, 1.807) is 45.2 Å². The zero-order valence-electron chi connectivity index (χ0n) is 17.8. The summed E-state index contributed by atoms with van der Waals surface area (Å²) in [5, 5.41) is 0. The van der Waals surface area contributed by atoms with Crippen LogP contribution < -0.4 is 4.74 Å². The molecule has 0 spiro atoms. The predicted octanol–water partition coefficient (Wildman–Crippen LogP) is 3.43. The maximum atomic E-state index is 13.3. The smallest absolute Gasteiger partial charge is 0.312 e. The predicted molar refractivity (Wildman–Crippen MR) is 112 cm³/mol. The third-order valence-electron chi connectivity index (χ3n) is 5.27. The van der Waals surface area contributed by atoms with Gasteiger partial charge in [-0.05, 0) is 57.0 Å². The Hall–Kier alpha value is -2.38. The highest BCUT2D eigenvalue weighted by atomic mass is 32.2. The first-order chi connectivity index (χ1) is 13.5. The molecular formula is C22H29NO5S. The van der Waals surface area contributed by atoms with Gasteiger partial charge in [0.25, 0.3) is 0 Å². The van der Waals surface area contributed by atoms with Crippen molar-refractivity contribution in [3.63, 3.8) is 0 Å². The van der Waals surface area contributed by atoms with Gasteiger partial charge in [-0.25, -0.2) is 8.42 Å². The quantitative estimate of drug-likeness (QED) is 0.613. The Labute approximate surface area is 173 Å². The van der Waals surface area contributed by atoms with E-state index in [1.807, 2.05) is 31.2 Å². The molecule has 0 heterocycles. The lowest BCUT2D eigenvalue weighted by molar-refractivity contribution is -0.153. The number of nitrogens with zero attached hydrogens (tertiary/aromatic N) is 1. The Morgan fingerprint density at radius 2 is 1.59 bits per heavy atom. The van der Waals surface area contributed by atoms with Gasteiger partial charge in [0.15, 0.2) is 0 Å². The molecule has 1 atom stereocenters. The van der Waals surface area contributed by atoms with E-state index >= 15 is 0 Å². The standard InChI is InChI=1S/C22H29NO5S/c1-16-7-13-19(14-8-16)29(25,26)23(4)20(22(2,3)21(24)28-6)15-17-9-11-18(27-5)12-10-17/h7-14,20H,15H2,1-6H3. The van der Waals surface area contributed by atoms with Crippen LogP contribution in [-0.4, -0.2) is 46.0 Å². The summed E-state index contributed by atoms with van der Waals surface area (Å²) in [6, 6.07) is 13.4. The average molecular weight is 420 g/mol. The number of carbonyl (C=O) groups excluding carboxylic acids is 1. The Morgan fingerprint density at radius 3 is 2.07 bits per heavy atom. The molecule has 0 fully saturated rings. The molecule has 7 heteroatoms. The molecule has 6 nitrogen and oxygen atoms in total. The molecule has 0 aliphatic rings. The maximum Gasteiger partial charge on any atom is 0.312 e. The third-order valence-corrected chi connectivity index (χ3v) is 7.15. The largest absolute Gasteiger partial charge is 0.497 e. The van der Waals surface area contributed by atoms with E-state index in [1.165, 1.54) is 18.5 Å². The minimum atomic E-state index is -3.81. The number of esters is 1. The number of carbonyl (C=O) groups is 1. The number of aryl methyl sites for hydroxylation is 1. The van der Waals surface area contributed by atoms with Crippen LogP contribution in [0.2, 0.25) is 0 Å². The lowest BCUT2D eigenvalue weighted by Gasteiger charge is -2.37. The molecule has 2 rings (SSSR count). The number of hydrogen-bond donors (Lipinski definition) is 0. The second-order valence-corrected chi connectivity index (χ2v) is 9.61. The van der Waals surface area contributed by atoms with Crippen molar-refractivity contribution in [3.05, 3.63) is 59.7 Å². The Balaban J connectivity index is 2.47. The number of rotatable bonds is 8. The van der Waals surface area contributed by atoms with Gasteiger partial charge in [0.2, 0.25) is 10.0 Å². The van der Waals surface area contributed by atoms with Gasteiger partial charge in [-0.1, -0.05) is 29.8 Å². The van der Waals surface area contributed by atoms with E-state index in [0.717, 1.165) is 11.1 Å². The summed E-state index contributed by atoms with van der Waals surface area (Å²) in [4.78, 5) is 12.7. The van der Waals surface area contributed by atoms with Gasteiger partial charge in [-0.3, -0.25) is 4.79 Å². The molecular weight excluding hydrogens is 390 g/mol. The Bertz CT molecular complexity index is 934. The Kier molecular flexibility index (Phi) is 7.08. The van der Waals surface area contributed by atoms with Crippen molar-refractivity contribution in [1.82, 2.24) is 4.31 Å². The van der Waals surface area contributed by atoms with Crippen LogP contribution in [0.4, 0.5) is 0 Å². The summed E-state index contributed by atoms with van der Waals surface area (Å²) in [6.07, 6.45) is 0.341. The first-order valence-corrected chi connectivity index (χ1v) is 10.7. The molecule has 0 saturated heterocycles. The van der Waals surface area contributed by atoms with Crippen molar-refractivity contribution in [3.8, 4) is 5.75 Å². The highest BCUT2D eigenvalue weighted by Gasteiger charge is 2.44. The summed E-state index contributed by atoms with van der Waals surface area (Å²) < 4.78 is 38.0. The fourth-order valence-corrected chi connectivity index (χ4v) is 4.75. The summed E-state index contributed by atoms with van der Waals surface area (Å²) in [5.41, 5.74) is 0.788. The fraction of sp³-hybridized carbons (Fsp3) is 0.409. The summed E-state index contributed by atoms with van der Waals surface area (Å²) in [7, 11) is 0.588. The van der Waals surface area contributed by atoms with Crippen LogP contribution in [0.1, 0.15) is 25.0 Å². The van der Waals surface area contributed by atoms with Crippen molar-refractivity contribution in [1.29, 1.82) is 0 Å². The first-order valence-electron chi connectivity index (χ1n) is 9.30. The fourth-order valence-electron chi connectivity index (χ4n) is 3.27. The normalized spacial score (nSPS) is 13.2. The van der Waals surface area contributed by atoms with Crippen molar-refractivity contribution in [2.75, 3.05) is 21.3 Å². The number of sulfonamides is 1. The van der Waals surface area contributed by atoms with Crippen LogP contribution in [-0.2, 0) is 26.0 Å². The molecule has 1 unspecified atom stereocenters. The average Bonchev–Trinajstić information content (AvgIpc) is 2.71. The molecule has 158 valence electrons.